The Morgan fingerprint density at radius 2 is 1.93 bits per heavy atom. The normalized spacial score (nSPS) is 15.6. The van der Waals surface area contributed by atoms with Crippen LogP contribution in [0.2, 0.25) is 5.02 Å². The van der Waals surface area contributed by atoms with Gasteiger partial charge in [-0.15, -0.1) is 0 Å². The maximum Gasteiger partial charge on any atom is 0.232 e. The minimum absolute atomic E-state index is 0.0759. The topological polar surface area (TPSA) is 70.2 Å². The Labute approximate surface area is 166 Å². The monoisotopic (exact) mass is 417 g/mol. The summed E-state index contributed by atoms with van der Waals surface area (Å²) in [6.07, 6.45) is 1.92. The van der Waals surface area contributed by atoms with Gasteiger partial charge in [0.15, 0.2) is 0 Å². The minimum atomic E-state index is -3.49. The van der Waals surface area contributed by atoms with Crippen LogP contribution >= 0.6 is 11.6 Å². The second kappa shape index (κ2) is 9.61. The van der Waals surface area contributed by atoms with Gasteiger partial charge in [0.2, 0.25) is 15.9 Å². The van der Waals surface area contributed by atoms with Crippen LogP contribution in [-0.2, 0) is 14.8 Å². The van der Waals surface area contributed by atoms with Crippen LogP contribution in [0, 0.1) is 0 Å². The molecule has 0 atom stereocenters. The number of amides is 1. The van der Waals surface area contributed by atoms with Crippen molar-refractivity contribution >= 4 is 33.2 Å². The van der Waals surface area contributed by atoms with Gasteiger partial charge in [-0.2, -0.15) is 0 Å². The van der Waals surface area contributed by atoms with Gasteiger partial charge in [0, 0.05) is 39.1 Å². The highest BCUT2D eigenvalue weighted by Gasteiger charge is 2.22. The van der Waals surface area contributed by atoms with Crippen LogP contribution in [0.1, 0.15) is 19.8 Å². The molecule has 2 rings (SSSR count). The van der Waals surface area contributed by atoms with Gasteiger partial charge in [-0.1, -0.05) is 18.5 Å². The number of anilines is 1. The molecule has 1 saturated heterocycles. The summed E-state index contributed by atoms with van der Waals surface area (Å²) in [6, 6.07) is 4.85. The predicted molar refractivity (Wildman–Crippen MR) is 108 cm³/mol. The molecule has 9 heteroatoms. The molecule has 1 aliphatic rings. The number of ether oxygens (including phenoxy) is 1. The molecule has 152 valence electrons. The van der Waals surface area contributed by atoms with Crippen molar-refractivity contribution in [2.24, 2.45) is 0 Å². The third kappa shape index (κ3) is 5.99. The van der Waals surface area contributed by atoms with Crippen LogP contribution in [0.5, 0.6) is 5.75 Å². The molecule has 0 spiro atoms. The largest absolute Gasteiger partial charge is 0.495 e. The fourth-order valence-electron chi connectivity index (χ4n) is 3.14. The molecule has 0 aromatic heterocycles. The Morgan fingerprint density at radius 1 is 1.26 bits per heavy atom. The first-order valence-electron chi connectivity index (χ1n) is 9.07. The van der Waals surface area contributed by atoms with Gasteiger partial charge in [-0.25, -0.2) is 8.42 Å². The Hall–Kier alpha value is -1.51. The van der Waals surface area contributed by atoms with Gasteiger partial charge in [-0.3, -0.25) is 9.10 Å². The van der Waals surface area contributed by atoms with E-state index in [4.69, 9.17) is 16.3 Å². The molecule has 0 N–H and O–H groups in total. The summed E-state index contributed by atoms with van der Waals surface area (Å²) < 4.78 is 30.8. The number of carbonyl (C=O) groups excluding carboxylic acids is 1. The predicted octanol–water partition coefficient (Wildman–Crippen LogP) is 2.06. The summed E-state index contributed by atoms with van der Waals surface area (Å²) in [5.41, 5.74) is 0.465. The van der Waals surface area contributed by atoms with Crippen molar-refractivity contribution in [1.82, 2.24) is 9.80 Å². The van der Waals surface area contributed by atoms with E-state index in [9.17, 15) is 13.2 Å². The van der Waals surface area contributed by atoms with Gasteiger partial charge in [0.25, 0.3) is 0 Å². The van der Waals surface area contributed by atoms with Gasteiger partial charge < -0.3 is 14.5 Å². The van der Waals surface area contributed by atoms with Gasteiger partial charge >= 0.3 is 0 Å². The molecule has 1 amide bonds. The van der Waals surface area contributed by atoms with Crippen LogP contribution in [0.25, 0.3) is 0 Å². The van der Waals surface area contributed by atoms with Crippen molar-refractivity contribution in [3.05, 3.63) is 23.2 Å². The van der Waals surface area contributed by atoms with Gasteiger partial charge in [0.05, 0.1) is 24.1 Å². The van der Waals surface area contributed by atoms with Crippen molar-refractivity contribution in [1.29, 1.82) is 0 Å². The van der Waals surface area contributed by atoms with Crippen molar-refractivity contribution in [3.63, 3.8) is 0 Å². The molecule has 1 aromatic carbocycles. The zero-order chi connectivity index (χ0) is 20.0. The molecule has 0 radical (unpaired) electrons. The van der Waals surface area contributed by atoms with Crippen LogP contribution in [0.3, 0.4) is 0 Å². The van der Waals surface area contributed by atoms with Crippen LogP contribution in [0.15, 0.2) is 18.2 Å². The van der Waals surface area contributed by atoms with E-state index in [1.165, 1.54) is 11.4 Å². The van der Waals surface area contributed by atoms with Crippen LogP contribution in [-0.4, -0.2) is 76.8 Å². The number of hydrogen-bond donors (Lipinski definition) is 0. The molecule has 0 unspecified atom stereocenters. The SMILES string of the molecule is CCN1CCN(C(=O)CCCN(c2ccc(OC)c(Cl)c2)S(C)(=O)=O)CC1. The molecule has 0 bridgehead atoms. The lowest BCUT2D eigenvalue weighted by Gasteiger charge is -2.34. The Kier molecular flexibility index (Phi) is 7.76. The van der Waals surface area contributed by atoms with E-state index in [2.05, 4.69) is 11.8 Å². The zero-order valence-electron chi connectivity index (χ0n) is 16.1. The van der Waals surface area contributed by atoms with Gasteiger partial charge in [-0.05, 0) is 31.2 Å². The first-order chi connectivity index (χ1) is 12.8. The van der Waals surface area contributed by atoms with Crippen molar-refractivity contribution in [3.8, 4) is 5.75 Å². The molecule has 0 saturated carbocycles. The average Bonchev–Trinajstić information content (AvgIpc) is 2.64. The summed E-state index contributed by atoms with van der Waals surface area (Å²) in [7, 11) is -1.98. The van der Waals surface area contributed by atoms with E-state index < -0.39 is 10.0 Å². The molecule has 1 aromatic rings. The van der Waals surface area contributed by atoms with Gasteiger partial charge in [0.1, 0.15) is 5.75 Å². The maximum atomic E-state index is 12.4. The number of rotatable bonds is 8. The highest BCUT2D eigenvalue weighted by Crippen LogP contribution is 2.30. The maximum absolute atomic E-state index is 12.4. The molecule has 1 aliphatic heterocycles. The van der Waals surface area contributed by atoms with E-state index in [-0.39, 0.29) is 12.5 Å². The summed E-state index contributed by atoms with van der Waals surface area (Å²) >= 11 is 6.12. The lowest BCUT2D eigenvalue weighted by atomic mass is 10.2. The molecule has 27 heavy (non-hydrogen) atoms. The Bertz CT molecular complexity index is 749. The summed E-state index contributed by atoms with van der Waals surface area (Å²) in [5, 5.41) is 0.341. The molecule has 1 heterocycles. The Balaban J connectivity index is 1.96. The molecule has 7 nitrogen and oxygen atoms in total. The van der Waals surface area contributed by atoms with Crippen molar-refractivity contribution in [2.45, 2.75) is 19.8 Å². The van der Waals surface area contributed by atoms with Crippen LogP contribution < -0.4 is 9.04 Å². The fraction of sp³-hybridized carbons (Fsp3) is 0.611. The Morgan fingerprint density at radius 3 is 2.44 bits per heavy atom. The van der Waals surface area contributed by atoms with E-state index in [0.29, 0.717) is 29.3 Å². The second-order valence-corrected chi connectivity index (χ2v) is 8.89. The molecule has 1 fully saturated rings. The van der Waals surface area contributed by atoms with Crippen molar-refractivity contribution < 1.29 is 17.9 Å². The number of hydrogen-bond acceptors (Lipinski definition) is 5. The van der Waals surface area contributed by atoms with Crippen LogP contribution in [0.4, 0.5) is 5.69 Å². The number of piperazine rings is 1. The van der Waals surface area contributed by atoms with Crippen molar-refractivity contribution in [2.75, 3.05) is 56.9 Å². The lowest BCUT2D eigenvalue weighted by Crippen LogP contribution is -2.48. The smallest absolute Gasteiger partial charge is 0.232 e. The number of likely N-dealkylation sites (N-methyl/N-ethyl adjacent to an activating group) is 1. The quantitative estimate of drug-likeness (QED) is 0.647. The number of halogens is 1. The summed E-state index contributed by atoms with van der Waals surface area (Å²) in [5.74, 6) is 0.558. The number of benzene rings is 1. The third-order valence-electron chi connectivity index (χ3n) is 4.75. The zero-order valence-corrected chi connectivity index (χ0v) is 17.7. The number of methoxy groups -OCH3 is 1. The van der Waals surface area contributed by atoms with E-state index in [1.54, 1.807) is 18.2 Å². The highest BCUT2D eigenvalue weighted by molar-refractivity contribution is 7.92. The average molecular weight is 418 g/mol. The summed E-state index contributed by atoms with van der Waals surface area (Å²) in [4.78, 5) is 16.6. The third-order valence-corrected chi connectivity index (χ3v) is 6.24. The second-order valence-electron chi connectivity index (χ2n) is 6.57. The molecule has 0 aliphatic carbocycles. The first kappa shape index (κ1) is 21.8. The first-order valence-corrected chi connectivity index (χ1v) is 11.3. The highest BCUT2D eigenvalue weighted by atomic mass is 35.5. The van der Waals surface area contributed by atoms with E-state index >= 15 is 0 Å². The number of sulfonamides is 1. The number of carbonyl (C=O) groups is 1. The lowest BCUT2D eigenvalue weighted by molar-refractivity contribution is -0.132. The fourth-order valence-corrected chi connectivity index (χ4v) is 4.35. The standard InChI is InChI=1S/C18H28ClN3O4S/c1-4-20-10-12-21(13-11-20)18(23)6-5-9-22(27(3,24)25)15-7-8-17(26-2)16(19)14-15/h7-8,14H,4-6,9-13H2,1-3H3. The van der Waals surface area contributed by atoms with E-state index in [1.807, 2.05) is 4.90 Å². The number of nitrogens with zero attached hydrogens (tertiary/aromatic N) is 3. The minimum Gasteiger partial charge on any atom is -0.495 e. The molecular formula is C18H28ClN3O4S. The molecular weight excluding hydrogens is 390 g/mol. The summed E-state index contributed by atoms with van der Waals surface area (Å²) in [6.45, 7) is 6.58. The van der Waals surface area contributed by atoms with E-state index in [0.717, 1.165) is 39.0 Å².